The first-order valence-corrected chi connectivity index (χ1v) is 9.73. The molecule has 0 spiro atoms. The van der Waals surface area contributed by atoms with Gasteiger partial charge in [-0.05, 0) is 36.2 Å². The Morgan fingerprint density at radius 2 is 1.31 bits per heavy atom. The monoisotopic (exact) mass is 353 g/mol. The zero-order valence-electron chi connectivity index (χ0n) is 15.6. The minimum atomic E-state index is 0.889. The highest BCUT2D eigenvalue weighted by molar-refractivity contribution is 5.22. The molecule has 4 heteroatoms. The van der Waals surface area contributed by atoms with E-state index in [0.717, 1.165) is 52.5 Å². The molecule has 0 amide bonds. The van der Waals surface area contributed by atoms with E-state index >= 15 is 0 Å². The number of hydrogen-bond donors (Lipinski definition) is 2. The van der Waals surface area contributed by atoms with Gasteiger partial charge in [-0.15, -0.1) is 0 Å². The summed E-state index contributed by atoms with van der Waals surface area (Å²) in [5, 5.41) is 7.05. The number of nitrogens with zero attached hydrogens (tertiary/aromatic N) is 1. The first-order valence-electron chi connectivity index (χ1n) is 9.73. The van der Waals surface area contributed by atoms with E-state index in [1.54, 1.807) is 0 Å². The molecule has 1 heterocycles. The number of hydrogen-bond acceptors (Lipinski definition) is 4. The fourth-order valence-electron chi connectivity index (χ4n) is 3.21. The fraction of sp³-hybridized carbons (Fsp3) is 0.455. The van der Waals surface area contributed by atoms with Gasteiger partial charge in [0, 0.05) is 32.7 Å². The molecule has 3 rings (SSSR count). The zero-order valence-corrected chi connectivity index (χ0v) is 15.6. The minimum Gasteiger partial charge on any atom is -0.379 e. The summed E-state index contributed by atoms with van der Waals surface area (Å²) in [7, 11) is 0. The van der Waals surface area contributed by atoms with Crippen molar-refractivity contribution in [3.8, 4) is 0 Å². The van der Waals surface area contributed by atoms with Gasteiger partial charge in [0.05, 0.1) is 13.2 Å². The summed E-state index contributed by atoms with van der Waals surface area (Å²) in [6.45, 7) is 8.94. The van der Waals surface area contributed by atoms with Crippen LogP contribution in [0.25, 0.3) is 0 Å². The third-order valence-electron chi connectivity index (χ3n) is 4.78. The predicted molar refractivity (Wildman–Crippen MR) is 107 cm³/mol. The fourth-order valence-corrected chi connectivity index (χ4v) is 3.21. The smallest absolute Gasteiger partial charge is 0.0594 e. The number of rotatable bonds is 10. The van der Waals surface area contributed by atoms with E-state index in [4.69, 9.17) is 4.74 Å². The summed E-state index contributed by atoms with van der Waals surface area (Å²) in [5.74, 6) is 0. The van der Waals surface area contributed by atoms with Gasteiger partial charge >= 0.3 is 0 Å². The Morgan fingerprint density at radius 1 is 0.731 bits per heavy atom. The van der Waals surface area contributed by atoms with Crippen LogP contribution in [0.3, 0.4) is 0 Å². The van der Waals surface area contributed by atoms with Crippen LogP contribution in [-0.4, -0.2) is 44.3 Å². The maximum absolute atomic E-state index is 5.38. The van der Waals surface area contributed by atoms with Crippen LogP contribution in [0.2, 0.25) is 0 Å². The van der Waals surface area contributed by atoms with E-state index in [1.807, 2.05) is 0 Å². The quantitative estimate of drug-likeness (QED) is 0.644. The van der Waals surface area contributed by atoms with Crippen molar-refractivity contribution in [3.05, 3.63) is 71.3 Å². The molecule has 2 N–H and O–H groups in total. The highest BCUT2D eigenvalue weighted by atomic mass is 16.5. The number of ether oxygens (including phenoxy) is 1. The van der Waals surface area contributed by atoms with Crippen molar-refractivity contribution < 1.29 is 4.74 Å². The van der Waals surface area contributed by atoms with Crippen molar-refractivity contribution in [3.63, 3.8) is 0 Å². The SMILES string of the molecule is c1ccc(CNCc2ccc(CNCCCN3CCOCC3)cc2)cc1. The van der Waals surface area contributed by atoms with Crippen molar-refractivity contribution in [2.75, 3.05) is 39.4 Å². The summed E-state index contributed by atoms with van der Waals surface area (Å²) < 4.78 is 5.38. The molecule has 0 aromatic heterocycles. The van der Waals surface area contributed by atoms with E-state index in [0.29, 0.717) is 0 Å². The van der Waals surface area contributed by atoms with Crippen molar-refractivity contribution in [1.82, 2.24) is 15.5 Å². The van der Waals surface area contributed by atoms with Crippen LogP contribution in [-0.2, 0) is 24.4 Å². The van der Waals surface area contributed by atoms with Crippen molar-refractivity contribution in [2.24, 2.45) is 0 Å². The summed E-state index contributed by atoms with van der Waals surface area (Å²) in [6.07, 6.45) is 1.20. The molecule has 0 bridgehead atoms. The summed E-state index contributed by atoms with van der Waals surface area (Å²) >= 11 is 0. The number of nitrogens with one attached hydrogen (secondary N) is 2. The standard InChI is InChI=1S/C22H31N3O/c1-2-5-20(6-3-1)18-24-19-22-9-7-21(8-10-22)17-23-11-4-12-25-13-15-26-16-14-25/h1-3,5-10,23-24H,4,11-19H2. The Balaban J connectivity index is 1.27. The lowest BCUT2D eigenvalue weighted by molar-refractivity contribution is 0.0374. The topological polar surface area (TPSA) is 36.5 Å². The molecule has 140 valence electrons. The van der Waals surface area contributed by atoms with E-state index in [9.17, 15) is 0 Å². The maximum Gasteiger partial charge on any atom is 0.0594 e. The lowest BCUT2D eigenvalue weighted by Gasteiger charge is -2.26. The van der Waals surface area contributed by atoms with Crippen LogP contribution >= 0.6 is 0 Å². The van der Waals surface area contributed by atoms with Gasteiger partial charge in [-0.25, -0.2) is 0 Å². The number of morpholine rings is 1. The normalized spacial score (nSPS) is 15.2. The van der Waals surface area contributed by atoms with Gasteiger partial charge in [0.1, 0.15) is 0 Å². The van der Waals surface area contributed by atoms with E-state index in [1.165, 1.54) is 29.7 Å². The van der Waals surface area contributed by atoms with Crippen LogP contribution in [0.4, 0.5) is 0 Å². The molecule has 2 aromatic rings. The van der Waals surface area contributed by atoms with E-state index in [2.05, 4.69) is 70.1 Å². The Kier molecular flexibility index (Phi) is 8.13. The molecule has 0 aliphatic carbocycles. The molecule has 4 nitrogen and oxygen atoms in total. The molecule has 0 unspecified atom stereocenters. The van der Waals surface area contributed by atoms with Gasteiger partial charge in [-0.1, -0.05) is 54.6 Å². The second kappa shape index (κ2) is 11.1. The second-order valence-electron chi connectivity index (χ2n) is 6.89. The largest absolute Gasteiger partial charge is 0.379 e. The average molecular weight is 354 g/mol. The molecule has 1 aliphatic heterocycles. The van der Waals surface area contributed by atoms with Gasteiger partial charge in [-0.3, -0.25) is 4.90 Å². The Morgan fingerprint density at radius 3 is 1.96 bits per heavy atom. The first kappa shape index (κ1) is 19.1. The highest BCUT2D eigenvalue weighted by Crippen LogP contribution is 2.05. The summed E-state index contributed by atoms with van der Waals surface area (Å²) in [4.78, 5) is 2.49. The molecule has 0 atom stereocenters. The zero-order chi connectivity index (χ0) is 17.9. The Hall–Kier alpha value is -1.72. The Labute approximate surface area is 157 Å². The molecule has 1 fully saturated rings. The van der Waals surface area contributed by atoms with Crippen LogP contribution in [0.5, 0.6) is 0 Å². The molecule has 1 aliphatic rings. The van der Waals surface area contributed by atoms with Gasteiger partial charge < -0.3 is 15.4 Å². The van der Waals surface area contributed by atoms with Gasteiger partial charge in [-0.2, -0.15) is 0 Å². The number of benzene rings is 2. The molecule has 0 radical (unpaired) electrons. The van der Waals surface area contributed by atoms with E-state index in [-0.39, 0.29) is 0 Å². The molecule has 1 saturated heterocycles. The van der Waals surface area contributed by atoms with Crippen molar-refractivity contribution in [2.45, 2.75) is 26.1 Å². The third-order valence-corrected chi connectivity index (χ3v) is 4.78. The Bertz CT molecular complexity index is 609. The van der Waals surface area contributed by atoms with Crippen LogP contribution in [0, 0.1) is 0 Å². The molecular formula is C22H31N3O. The lowest BCUT2D eigenvalue weighted by atomic mass is 10.1. The third kappa shape index (κ3) is 6.89. The molecular weight excluding hydrogens is 322 g/mol. The minimum absolute atomic E-state index is 0.889. The molecule has 26 heavy (non-hydrogen) atoms. The second-order valence-corrected chi connectivity index (χ2v) is 6.89. The van der Waals surface area contributed by atoms with E-state index < -0.39 is 0 Å². The molecule has 0 saturated carbocycles. The maximum atomic E-state index is 5.38. The lowest BCUT2D eigenvalue weighted by Crippen LogP contribution is -2.37. The van der Waals surface area contributed by atoms with Gasteiger partial charge in [0.15, 0.2) is 0 Å². The first-order chi connectivity index (χ1) is 12.9. The predicted octanol–water partition coefficient (Wildman–Crippen LogP) is 2.79. The van der Waals surface area contributed by atoms with Crippen LogP contribution < -0.4 is 10.6 Å². The highest BCUT2D eigenvalue weighted by Gasteiger charge is 2.08. The summed E-state index contributed by atoms with van der Waals surface area (Å²) in [6, 6.07) is 19.4. The van der Waals surface area contributed by atoms with Gasteiger partial charge in [0.25, 0.3) is 0 Å². The van der Waals surface area contributed by atoms with Crippen molar-refractivity contribution >= 4 is 0 Å². The van der Waals surface area contributed by atoms with Crippen molar-refractivity contribution in [1.29, 1.82) is 0 Å². The van der Waals surface area contributed by atoms with Crippen LogP contribution in [0.1, 0.15) is 23.1 Å². The summed E-state index contributed by atoms with van der Waals surface area (Å²) in [5.41, 5.74) is 4.01. The average Bonchev–Trinajstić information content (AvgIpc) is 2.70. The van der Waals surface area contributed by atoms with Gasteiger partial charge in [0.2, 0.25) is 0 Å². The van der Waals surface area contributed by atoms with Crippen LogP contribution in [0.15, 0.2) is 54.6 Å². The molecule has 2 aromatic carbocycles.